The summed E-state index contributed by atoms with van der Waals surface area (Å²) in [5, 5.41) is 4.45. The van der Waals surface area contributed by atoms with Crippen LogP contribution in [0.1, 0.15) is 59.8 Å². The Bertz CT molecular complexity index is 929. The molecule has 1 atom stereocenters. The molecule has 0 fully saturated rings. The average molecular weight is 469 g/mol. The smallest absolute Gasteiger partial charge is 0.251 e. The van der Waals surface area contributed by atoms with E-state index in [0.29, 0.717) is 45.3 Å². The van der Waals surface area contributed by atoms with Crippen LogP contribution in [0, 0.1) is 5.92 Å². The number of ether oxygens (including phenoxy) is 1. The van der Waals surface area contributed by atoms with E-state index in [-0.39, 0.29) is 12.3 Å². The predicted octanol–water partition coefficient (Wildman–Crippen LogP) is 5.86. The molecule has 2 amide bonds. The second-order valence-electron chi connectivity index (χ2n) is 7.54. The number of nitrogens with two attached hydrogens (primary N) is 1. The second kappa shape index (κ2) is 10.5. The highest BCUT2D eigenvalue weighted by atomic mass is 35.5. The van der Waals surface area contributed by atoms with Gasteiger partial charge in [0.05, 0.1) is 17.2 Å². The van der Waals surface area contributed by atoms with Gasteiger partial charge in [0.25, 0.3) is 5.91 Å². The van der Waals surface area contributed by atoms with E-state index in [2.05, 4.69) is 12.2 Å². The van der Waals surface area contributed by atoms with Crippen molar-refractivity contribution in [3.63, 3.8) is 0 Å². The van der Waals surface area contributed by atoms with Crippen LogP contribution in [-0.4, -0.2) is 18.4 Å². The van der Waals surface area contributed by atoms with Crippen molar-refractivity contribution in [1.29, 1.82) is 0 Å². The number of hydrogen-bond donors (Lipinski definition) is 2. The van der Waals surface area contributed by atoms with Gasteiger partial charge in [0.2, 0.25) is 5.91 Å². The summed E-state index contributed by atoms with van der Waals surface area (Å²) in [5.74, 6) is 0.539. The van der Waals surface area contributed by atoms with Crippen LogP contribution in [0.3, 0.4) is 0 Å². The van der Waals surface area contributed by atoms with Gasteiger partial charge in [-0.3, -0.25) is 9.59 Å². The van der Waals surface area contributed by atoms with Gasteiger partial charge in [0, 0.05) is 16.3 Å². The van der Waals surface area contributed by atoms with Crippen molar-refractivity contribution in [2.45, 2.75) is 51.9 Å². The highest BCUT2D eigenvalue weighted by Crippen LogP contribution is 2.40. The van der Waals surface area contributed by atoms with E-state index >= 15 is 0 Å². The number of fused-ring (bicyclic) bond motifs is 1. The molecule has 1 aliphatic carbocycles. The average Bonchev–Trinajstić information content (AvgIpc) is 3.04. The molecule has 0 saturated heterocycles. The molecule has 2 aromatic rings. The molecule has 1 heterocycles. The van der Waals surface area contributed by atoms with Crippen molar-refractivity contribution in [2.75, 3.05) is 11.9 Å². The second-order valence-corrected chi connectivity index (χ2v) is 9.49. The standard InChI is InChI=1S/C22H26Cl2N2O3S/c1-2-4-13-6-8-15-18(11-13)30-22(20(15)21(25)28)26-19(27)5-3-10-29-17-9-7-14(23)12-16(17)24/h7,9,12-13H,2-6,8,10-11H2,1H3,(H2,25,28)(H,26,27)/t13-/m0/s1. The van der Waals surface area contributed by atoms with Crippen molar-refractivity contribution in [1.82, 2.24) is 0 Å². The number of carbonyl (C=O) groups is 2. The number of hydrogen-bond acceptors (Lipinski definition) is 4. The zero-order valence-corrected chi connectivity index (χ0v) is 19.3. The maximum absolute atomic E-state index is 12.4. The van der Waals surface area contributed by atoms with Crippen LogP contribution in [0.25, 0.3) is 0 Å². The lowest BCUT2D eigenvalue weighted by atomic mass is 9.84. The number of primary amides is 1. The van der Waals surface area contributed by atoms with Gasteiger partial charge < -0.3 is 15.8 Å². The maximum Gasteiger partial charge on any atom is 0.251 e. The van der Waals surface area contributed by atoms with E-state index in [4.69, 9.17) is 33.7 Å². The summed E-state index contributed by atoms with van der Waals surface area (Å²) < 4.78 is 5.61. The van der Waals surface area contributed by atoms with E-state index in [1.54, 1.807) is 18.2 Å². The van der Waals surface area contributed by atoms with E-state index < -0.39 is 5.91 Å². The monoisotopic (exact) mass is 468 g/mol. The van der Waals surface area contributed by atoms with E-state index in [1.807, 2.05) is 0 Å². The van der Waals surface area contributed by atoms with Crippen LogP contribution in [-0.2, 0) is 17.6 Å². The quantitative estimate of drug-likeness (QED) is 0.452. The number of halogens is 2. The van der Waals surface area contributed by atoms with Crippen LogP contribution in [0.4, 0.5) is 5.00 Å². The van der Waals surface area contributed by atoms with Gasteiger partial charge in [-0.1, -0.05) is 43.0 Å². The van der Waals surface area contributed by atoms with Gasteiger partial charge in [-0.15, -0.1) is 11.3 Å². The molecule has 3 rings (SSSR count). The Labute approximate surface area is 190 Å². The minimum atomic E-state index is -0.475. The summed E-state index contributed by atoms with van der Waals surface area (Å²) in [5.41, 5.74) is 7.15. The molecule has 162 valence electrons. The molecule has 1 aliphatic rings. The highest BCUT2D eigenvalue weighted by Gasteiger charge is 2.28. The minimum Gasteiger partial charge on any atom is -0.492 e. The molecule has 0 aliphatic heterocycles. The molecule has 30 heavy (non-hydrogen) atoms. The van der Waals surface area contributed by atoms with E-state index in [0.717, 1.165) is 31.2 Å². The Balaban J connectivity index is 1.56. The summed E-state index contributed by atoms with van der Waals surface area (Å²) in [6, 6.07) is 5.01. The normalized spacial score (nSPS) is 15.5. The molecule has 0 radical (unpaired) electrons. The fourth-order valence-corrected chi connectivity index (χ4v) is 5.70. The number of anilines is 1. The number of rotatable bonds is 9. The largest absolute Gasteiger partial charge is 0.492 e. The maximum atomic E-state index is 12.4. The molecule has 8 heteroatoms. The first-order chi connectivity index (χ1) is 14.4. The van der Waals surface area contributed by atoms with Crippen LogP contribution in [0.15, 0.2) is 18.2 Å². The van der Waals surface area contributed by atoms with E-state index in [9.17, 15) is 9.59 Å². The van der Waals surface area contributed by atoms with Crippen LogP contribution < -0.4 is 15.8 Å². The zero-order chi connectivity index (χ0) is 21.7. The Hall–Kier alpha value is -1.76. The van der Waals surface area contributed by atoms with Crippen molar-refractivity contribution < 1.29 is 14.3 Å². The number of carbonyl (C=O) groups excluding carboxylic acids is 2. The van der Waals surface area contributed by atoms with Crippen molar-refractivity contribution in [3.8, 4) is 5.75 Å². The van der Waals surface area contributed by atoms with Gasteiger partial charge in [0.15, 0.2) is 0 Å². The third-order valence-electron chi connectivity index (χ3n) is 5.26. The molecule has 3 N–H and O–H groups in total. The highest BCUT2D eigenvalue weighted by molar-refractivity contribution is 7.17. The topological polar surface area (TPSA) is 81.4 Å². The third kappa shape index (κ3) is 5.68. The summed E-state index contributed by atoms with van der Waals surface area (Å²) >= 11 is 13.4. The number of nitrogens with one attached hydrogen (secondary N) is 1. The first-order valence-electron chi connectivity index (χ1n) is 10.2. The first-order valence-corrected chi connectivity index (χ1v) is 11.8. The van der Waals surface area contributed by atoms with Gasteiger partial charge in [-0.25, -0.2) is 0 Å². The van der Waals surface area contributed by atoms with Crippen LogP contribution in [0.2, 0.25) is 10.0 Å². The van der Waals surface area contributed by atoms with Gasteiger partial charge in [-0.2, -0.15) is 0 Å². The van der Waals surface area contributed by atoms with E-state index in [1.165, 1.54) is 22.6 Å². The Morgan fingerprint density at radius 1 is 1.33 bits per heavy atom. The predicted molar refractivity (Wildman–Crippen MR) is 123 cm³/mol. The summed E-state index contributed by atoms with van der Waals surface area (Å²) in [6.07, 6.45) is 5.99. The fraction of sp³-hybridized carbons (Fsp3) is 0.455. The molecule has 1 aromatic carbocycles. The lowest BCUT2D eigenvalue weighted by molar-refractivity contribution is -0.116. The first kappa shape index (κ1) is 22.9. The zero-order valence-electron chi connectivity index (χ0n) is 16.9. The van der Waals surface area contributed by atoms with Crippen molar-refractivity contribution >= 4 is 51.4 Å². The molecular formula is C22H26Cl2N2O3S. The van der Waals surface area contributed by atoms with Gasteiger partial charge in [0.1, 0.15) is 10.8 Å². The molecule has 0 spiro atoms. The third-order valence-corrected chi connectivity index (χ3v) is 6.96. The number of thiophene rings is 1. The summed E-state index contributed by atoms with van der Waals surface area (Å²) in [7, 11) is 0. The molecule has 0 saturated carbocycles. The molecule has 1 aromatic heterocycles. The molecule has 5 nitrogen and oxygen atoms in total. The summed E-state index contributed by atoms with van der Waals surface area (Å²) in [6.45, 7) is 2.53. The van der Waals surface area contributed by atoms with Crippen LogP contribution in [0.5, 0.6) is 5.75 Å². The Kier molecular flexibility index (Phi) is 8.03. The van der Waals surface area contributed by atoms with Gasteiger partial charge in [-0.05, 0) is 55.4 Å². The fourth-order valence-electron chi connectivity index (χ4n) is 3.85. The Morgan fingerprint density at radius 2 is 2.13 bits per heavy atom. The number of amides is 2. The molecule has 0 bridgehead atoms. The lowest BCUT2D eigenvalue weighted by Gasteiger charge is -2.21. The summed E-state index contributed by atoms with van der Waals surface area (Å²) in [4.78, 5) is 25.7. The Morgan fingerprint density at radius 3 is 2.83 bits per heavy atom. The molecular weight excluding hydrogens is 443 g/mol. The van der Waals surface area contributed by atoms with Crippen LogP contribution >= 0.6 is 34.5 Å². The minimum absolute atomic E-state index is 0.160. The molecule has 0 unspecified atom stereocenters. The van der Waals surface area contributed by atoms with Gasteiger partial charge >= 0.3 is 0 Å². The SMILES string of the molecule is CCC[C@H]1CCc2c(sc(NC(=O)CCCOc3ccc(Cl)cc3Cl)c2C(N)=O)C1. The number of benzene rings is 1. The van der Waals surface area contributed by atoms with Crippen molar-refractivity contribution in [3.05, 3.63) is 44.2 Å². The van der Waals surface area contributed by atoms with Crippen molar-refractivity contribution in [2.24, 2.45) is 11.7 Å². The lowest BCUT2D eigenvalue weighted by Crippen LogP contribution is -2.20.